The van der Waals surface area contributed by atoms with Gasteiger partial charge in [0.15, 0.2) is 0 Å². The van der Waals surface area contributed by atoms with Crippen molar-refractivity contribution < 1.29 is 21.9 Å². The number of halogens is 4. The Morgan fingerprint density at radius 2 is 0.871 bits per heavy atom. The van der Waals surface area contributed by atoms with Gasteiger partial charge in [0.05, 0.1) is 7.05 Å². The van der Waals surface area contributed by atoms with Crippen LogP contribution in [-0.2, 0) is 0 Å². The van der Waals surface area contributed by atoms with Crippen LogP contribution in [0.1, 0.15) is 0 Å². The number of hydrogen-bond donors (Lipinski definition) is 1. The van der Waals surface area contributed by atoms with Crippen LogP contribution in [0.5, 0.6) is 0 Å². The van der Waals surface area contributed by atoms with E-state index in [0.717, 1.165) is 11.4 Å². The van der Waals surface area contributed by atoms with Crippen LogP contribution in [-0.4, -0.2) is 14.3 Å². The van der Waals surface area contributed by atoms with Crippen LogP contribution in [0.3, 0.4) is 0 Å². The maximum absolute atomic E-state index is 9.75. The van der Waals surface area contributed by atoms with Crippen molar-refractivity contribution in [3.8, 4) is 33.6 Å². The van der Waals surface area contributed by atoms with Gasteiger partial charge < -0.3 is 17.3 Å². The normalized spacial score (nSPS) is 10.7. The fourth-order valence-electron chi connectivity index (χ4n) is 3.28. The zero-order valence-corrected chi connectivity index (χ0v) is 16.9. The first-order valence-electron chi connectivity index (χ1n) is 9.68. The number of aromatic nitrogens is 1. The van der Waals surface area contributed by atoms with Crippen molar-refractivity contribution in [3.63, 3.8) is 0 Å². The van der Waals surface area contributed by atoms with Crippen molar-refractivity contribution in [2.75, 3.05) is 12.5 Å². The first-order chi connectivity index (χ1) is 14.9. The lowest BCUT2D eigenvalue weighted by Gasteiger charge is -2.11. The summed E-state index contributed by atoms with van der Waals surface area (Å²) in [6.07, 6.45) is 0. The smallest absolute Gasteiger partial charge is 0.418 e. The highest BCUT2D eigenvalue weighted by Crippen LogP contribution is 2.28. The topological polar surface area (TPSA) is 15.9 Å². The second-order valence-electron chi connectivity index (χ2n) is 6.67. The summed E-state index contributed by atoms with van der Waals surface area (Å²) in [5.74, 6) is 0. The molecule has 7 heteroatoms. The van der Waals surface area contributed by atoms with Gasteiger partial charge in [-0.15, -0.1) is 0 Å². The van der Waals surface area contributed by atoms with Gasteiger partial charge in [0.25, 0.3) is 0 Å². The highest BCUT2D eigenvalue weighted by molar-refractivity contribution is 6.50. The number of nitrogens with one attached hydrogen (secondary N) is 1. The molecule has 0 saturated carbocycles. The molecule has 0 aliphatic carbocycles. The Bertz CT molecular complexity index is 1040. The van der Waals surface area contributed by atoms with E-state index in [4.69, 9.17) is 0 Å². The highest BCUT2D eigenvalue weighted by Gasteiger charge is 2.22. The number of rotatable bonds is 4. The molecule has 158 valence electrons. The molecule has 31 heavy (non-hydrogen) atoms. The van der Waals surface area contributed by atoms with Gasteiger partial charge in [-0.2, -0.15) is 5.43 Å². The molecule has 0 aliphatic rings. The van der Waals surface area contributed by atoms with E-state index in [1.54, 1.807) is 0 Å². The van der Waals surface area contributed by atoms with Crippen molar-refractivity contribution in [3.05, 3.63) is 103 Å². The first kappa shape index (κ1) is 22.1. The molecular formula is C24H21BF4N2. The molecule has 1 aromatic heterocycles. The molecule has 3 aromatic carbocycles. The fourth-order valence-corrected chi connectivity index (χ4v) is 3.28. The number of pyridine rings is 1. The molecule has 0 spiro atoms. The quantitative estimate of drug-likeness (QED) is 0.226. The molecule has 0 fully saturated rings. The van der Waals surface area contributed by atoms with E-state index >= 15 is 0 Å². The van der Waals surface area contributed by atoms with E-state index in [9.17, 15) is 17.3 Å². The molecule has 4 rings (SSSR count). The Kier molecular flexibility index (Phi) is 7.08. The van der Waals surface area contributed by atoms with Gasteiger partial charge in [0, 0.05) is 23.3 Å². The van der Waals surface area contributed by atoms with Crippen molar-refractivity contribution in [2.24, 2.45) is 0 Å². The molecular weight excluding hydrogens is 403 g/mol. The summed E-state index contributed by atoms with van der Waals surface area (Å²) in [5.41, 5.74) is 10.4. The molecule has 0 amide bonds. The Labute approximate surface area is 178 Å². The van der Waals surface area contributed by atoms with Gasteiger partial charge >= 0.3 is 7.25 Å². The van der Waals surface area contributed by atoms with Crippen LogP contribution in [0.25, 0.3) is 33.6 Å². The van der Waals surface area contributed by atoms with Crippen LogP contribution < -0.4 is 10.1 Å². The Morgan fingerprint density at radius 3 is 1.19 bits per heavy atom. The van der Waals surface area contributed by atoms with Crippen molar-refractivity contribution >= 4 is 7.25 Å². The summed E-state index contributed by atoms with van der Waals surface area (Å²) in [4.78, 5) is 0. The Hall–Kier alpha value is -3.61. The molecule has 0 aliphatic heterocycles. The molecule has 0 radical (unpaired) electrons. The lowest BCUT2D eigenvalue weighted by Crippen LogP contribution is -2.47. The molecule has 4 aromatic rings. The maximum atomic E-state index is 9.75. The van der Waals surface area contributed by atoms with Crippen LogP contribution in [0.15, 0.2) is 103 Å². The Balaban J connectivity index is 0.000000491. The van der Waals surface area contributed by atoms with Crippen molar-refractivity contribution in [2.45, 2.75) is 0 Å². The molecule has 1 N–H and O–H groups in total. The maximum Gasteiger partial charge on any atom is 0.673 e. The van der Waals surface area contributed by atoms with Gasteiger partial charge in [0.2, 0.25) is 11.4 Å². The molecule has 0 unspecified atom stereocenters. The van der Waals surface area contributed by atoms with E-state index < -0.39 is 7.25 Å². The minimum absolute atomic E-state index is 1.13. The van der Waals surface area contributed by atoms with E-state index in [-0.39, 0.29) is 0 Å². The van der Waals surface area contributed by atoms with Gasteiger partial charge in [-0.25, -0.2) is 0 Å². The van der Waals surface area contributed by atoms with Crippen molar-refractivity contribution in [1.82, 2.24) is 0 Å². The summed E-state index contributed by atoms with van der Waals surface area (Å²) in [5, 5.41) is 0. The summed E-state index contributed by atoms with van der Waals surface area (Å²) >= 11 is 0. The van der Waals surface area contributed by atoms with E-state index in [1.165, 1.54) is 22.3 Å². The van der Waals surface area contributed by atoms with Gasteiger partial charge in [-0.1, -0.05) is 71.4 Å². The third-order valence-corrected chi connectivity index (χ3v) is 4.54. The van der Waals surface area contributed by atoms with E-state index in [0.29, 0.717) is 0 Å². The van der Waals surface area contributed by atoms with Gasteiger partial charge in [-0.3, -0.25) is 0 Å². The van der Waals surface area contributed by atoms with Gasteiger partial charge in [0.1, 0.15) is 0 Å². The standard InChI is InChI=1S/C24H21N2.BF4/c1-25-26-23(20-13-7-3-8-14-20)17-22(19-11-5-2-6-12-19)18-24(26)21-15-9-4-10-16-21;2-1(3,4)5/h2-18,25H,1H3;/q+1;-1. The van der Waals surface area contributed by atoms with Gasteiger partial charge in [-0.05, 0) is 35.4 Å². The number of benzene rings is 3. The minimum atomic E-state index is -6.00. The number of nitrogens with zero attached hydrogens (tertiary/aromatic N) is 1. The number of hydrogen-bond acceptors (Lipinski definition) is 1. The molecule has 0 saturated heterocycles. The lowest BCUT2D eigenvalue weighted by atomic mass is 10.00. The third-order valence-electron chi connectivity index (χ3n) is 4.54. The van der Waals surface area contributed by atoms with Crippen molar-refractivity contribution in [1.29, 1.82) is 0 Å². The molecule has 0 atom stereocenters. The predicted octanol–water partition coefficient (Wildman–Crippen LogP) is 6.45. The summed E-state index contributed by atoms with van der Waals surface area (Å²) in [6, 6.07) is 36.0. The summed E-state index contributed by atoms with van der Waals surface area (Å²) in [6.45, 7) is 0. The predicted molar refractivity (Wildman–Crippen MR) is 118 cm³/mol. The third kappa shape index (κ3) is 6.19. The molecule has 0 bridgehead atoms. The largest absolute Gasteiger partial charge is 0.673 e. The Morgan fingerprint density at radius 1 is 0.548 bits per heavy atom. The average Bonchev–Trinajstić information content (AvgIpc) is 2.79. The van der Waals surface area contributed by atoms with Crippen LogP contribution >= 0.6 is 0 Å². The second-order valence-corrected chi connectivity index (χ2v) is 6.67. The van der Waals surface area contributed by atoms with E-state index in [1.807, 2.05) is 19.2 Å². The monoisotopic (exact) mass is 424 g/mol. The first-order valence-corrected chi connectivity index (χ1v) is 9.68. The van der Waals surface area contributed by atoms with Crippen LogP contribution in [0, 0.1) is 0 Å². The van der Waals surface area contributed by atoms with Crippen LogP contribution in [0.4, 0.5) is 17.3 Å². The summed E-state index contributed by atoms with van der Waals surface area (Å²) < 4.78 is 41.1. The minimum Gasteiger partial charge on any atom is -0.418 e. The highest BCUT2D eigenvalue weighted by atomic mass is 19.5. The molecule has 2 nitrogen and oxygen atoms in total. The SMILES string of the molecule is CN[n+]1c(-c2ccccc2)cc(-c2ccccc2)cc1-c1ccccc1.F[B-](F)(F)F. The zero-order chi connectivity index (χ0) is 22.3. The average molecular weight is 424 g/mol. The summed E-state index contributed by atoms with van der Waals surface area (Å²) in [7, 11) is -4.04. The molecule has 1 heterocycles. The van der Waals surface area contributed by atoms with Crippen LogP contribution in [0.2, 0.25) is 0 Å². The van der Waals surface area contributed by atoms with E-state index in [2.05, 4.69) is 101 Å². The second kappa shape index (κ2) is 9.93. The lowest BCUT2D eigenvalue weighted by molar-refractivity contribution is -0.624. The fraction of sp³-hybridized carbons (Fsp3) is 0.0417. The zero-order valence-electron chi connectivity index (χ0n) is 16.9.